The Labute approximate surface area is 339 Å². The zero-order valence-corrected chi connectivity index (χ0v) is 35.8. The average Bonchev–Trinajstić information content (AvgIpc) is 3.11. The predicted molar refractivity (Wildman–Crippen MR) is 216 cm³/mol. The summed E-state index contributed by atoms with van der Waals surface area (Å²) in [5.74, 6) is -2.83. The number of halogens is 4. The SMILES string of the molecule is CCOC(=O)C(c1ccc(Br)cc1)C(C(=O)OCC)c1ccc(Br)cc1.CCOC(=O)Cc1ccc(Br)cc1.CCOC(=O)Cc1ccc(Br)cc1. The smallest absolute Gasteiger partial charge is 0.314 e. The molecule has 0 fully saturated rings. The van der Waals surface area contributed by atoms with Crippen LogP contribution in [0.5, 0.6) is 0 Å². The van der Waals surface area contributed by atoms with Gasteiger partial charge in [0.25, 0.3) is 0 Å². The van der Waals surface area contributed by atoms with Gasteiger partial charge in [-0.1, -0.05) is 112 Å². The van der Waals surface area contributed by atoms with Gasteiger partial charge in [0.15, 0.2) is 0 Å². The normalized spacial score (nSPS) is 11.3. The first kappa shape index (κ1) is 44.8. The Morgan fingerprint density at radius 2 is 0.673 bits per heavy atom. The second-order valence-corrected chi connectivity index (χ2v) is 14.4. The van der Waals surface area contributed by atoms with Crippen molar-refractivity contribution in [3.8, 4) is 0 Å². The van der Waals surface area contributed by atoms with Crippen LogP contribution in [-0.2, 0) is 51.0 Å². The largest absolute Gasteiger partial charge is 0.466 e. The molecule has 0 saturated carbocycles. The van der Waals surface area contributed by atoms with Gasteiger partial charge in [0.05, 0.1) is 51.1 Å². The van der Waals surface area contributed by atoms with Gasteiger partial charge in [0, 0.05) is 17.9 Å². The minimum Gasteiger partial charge on any atom is -0.466 e. The van der Waals surface area contributed by atoms with E-state index in [1.807, 2.05) is 97.1 Å². The first-order chi connectivity index (χ1) is 24.9. The van der Waals surface area contributed by atoms with Gasteiger partial charge >= 0.3 is 23.9 Å². The van der Waals surface area contributed by atoms with Crippen molar-refractivity contribution < 1.29 is 38.1 Å². The summed E-state index contributed by atoms with van der Waals surface area (Å²) in [6, 6.07) is 29.9. The molecule has 0 N–H and O–H groups in total. The molecule has 52 heavy (non-hydrogen) atoms. The number of carbonyl (C=O) groups excluding carboxylic acids is 4. The summed E-state index contributed by atoms with van der Waals surface area (Å²) in [7, 11) is 0. The van der Waals surface area contributed by atoms with Gasteiger partial charge in [-0.2, -0.15) is 0 Å². The highest BCUT2D eigenvalue weighted by molar-refractivity contribution is 9.11. The van der Waals surface area contributed by atoms with Crippen LogP contribution in [-0.4, -0.2) is 50.3 Å². The highest BCUT2D eigenvalue weighted by Gasteiger charge is 2.38. The molecule has 2 unspecified atom stereocenters. The van der Waals surface area contributed by atoms with Crippen LogP contribution in [0.1, 0.15) is 61.8 Å². The van der Waals surface area contributed by atoms with Gasteiger partial charge in [-0.3, -0.25) is 19.2 Å². The zero-order valence-electron chi connectivity index (χ0n) is 29.4. The van der Waals surface area contributed by atoms with E-state index in [0.29, 0.717) is 37.2 Å². The molecule has 0 radical (unpaired) electrons. The molecule has 2 atom stereocenters. The fraction of sp³-hybridized carbons (Fsp3) is 0.300. The lowest BCUT2D eigenvalue weighted by molar-refractivity contribution is -0.153. The Morgan fingerprint density at radius 1 is 0.423 bits per heavy atom. The Kier molecular flexibility index (Phi) is 21.4. The molecule has 4 aromatic rings. The molecule has 0 bridgehead atoms. The third kappa shape index (κ3) is 16.6. The standard InChI is InChI=1S/C20H20Br2O4.2C10H11BrO2/c1-3-25-19(23)17(13-5-9-15(21)10-6-13)18(20(24)26-4-2)14-7-11-16(22)12-8-14;2*1-2-13-10(12)7-8-3-5-9(11)6-4-8/h5-12,17-18H,3-4H2,1-2H3;2*3-6H,2,7H2,1H3. The van der Waals surface area contributed by atoms with Crippen LogP contribution in [0.4, 0.5) is 0 Å². The maximum absolute atomic E-state index is 12.8. The molecule has 0 saturated heterocycles. The molecule has 0 heterocycles. The van der Waals surface area contributed by atoms with E-state index in [4.69, 9.17) is 18.9 Å². The van der Waals surface area contributed by atoms with E-state index in [9.17, 15) is 19.2 Å². The van der Waals surface area contributed by atoms with Crippen LogP contribution in [0.25, 0.3) is 0 Å². The van der Waals surface area contributed by atoms with Crippen LogP contribution >= 0.6 is 63.7 Å². The Morgan fingerprint density at radius 3 is 0.923 bits per heavy atom. The lowest BCUT2D eigenvalue weighted by Crippen LogP contribution is -2.29. The minimum atomic E-state index is -0.789. The van der Waals surface area contributed by atoms with Crippen LogP contribution < -0.4 is 0 Å². The number of rotatable bonds is 13. The minimum absolute atomic E-state index is 0.176. The van der Waals surface area contributed by atoms with E-state index in [1.54, 1.807) is 27.7 Å². The van der Waals surface area contributed by atoms with E-state index >= 15 is 0 Å². The second-order valence-electron chi connectivity index (χ2n) is 10.8. The van der Waals surface area contributed by atoms with E-state index in [2.05, 4.69) is 63.7 Å². The predicted octanol–water partition coefficient (Wildman–Crippen LogP) is 10.3. The van der Waals surface area contributed by atoms with Gasteiger partial charge in [-0.05, 0) is 98.5 Å². The summed E-state index contributed by atoms with van der Waals surface area (Å²) >= 11 is 13.4. The average molecular weight is 970 g/mol. The molecule has 0 aliphatic rings. The maximum atomic E-state index is 12.8. The monoisotopic (exact) mass is 966 g/mol. The van der Waals surface area contributed by atoms with Gasteiger partial charge in [0.1, 0.15) is 0 Å². The van der Waals surface area contributed by atoms with Gasteiger partial charge in [0.2, 0.25) is 0 Å². The third-order valence-electron chi connectivity index (χ3n) is 7.01. The summed E-state index contributed by atoms with van der Waals surface area (Å²) in [5, 5.41) is 0. The number of benzene rings is 4. The Hall–Kier alpha value is -3.32. The van der Waals surface area contributed by atoms with Gasteiger partial charge < -0.3 is 18.9 Å². The molecule has 278 valence electrons. The Balaban J connectivity index is 0.000000301. The van der Waals surface area contributed by atoms with Gasteiger partial charge in [-0.15, -0.1) is 0 Å². The van der Waals surface area contributed by atoms with Crippen molar-refractivity contribution in [3.05, 3.63) is 137 Å². The highest BCUT2D eigenvalue weighted by Crippen LogP contribution is 2.36. The molecule has 0 aromatic heterocycles. The lowest BCUT2D eigenvalue weighted by atomic mass is 9.81. The third-order valence-corrected chi connectivity index (χ3v) is 9.12. The molecule has 12 heteroatoms. The van der Waals surface area contributed by atoms with Crippen LogP contribution in [0.15, 0.2) is 115 Å². The first-order valence-corrected chi connectivity index (χ1v) is 19.7. The zero-order chi connectivity index (χ0) is 38.5. The quantitative estimate of drug-likeness (QED) is 0.0964. The molecule has 0 spiro atoms. The number of hydrogen-bond donors (Lipinski definition) is 0. The molecular weight excluding hydrogens is 928 g/mol. The van der Waals surface area contributed by atoms with E-state index in [1.165, 1.54) is 0 Å². The van der Waals surface area contributed by atoms with Crippen molar-refractivity contribution in [3.63, 3.8) is 0 Å². The van der Waals surface area contributed by atoms with Crippen molar-refractivity contribution in [2.24, 2.45) is 0 Å². The number of esters is 4. The molecule has 8 nitrogen and oxygen atoms in total. The van der Waals surface area contributed by atoms with Crippen molar-refractivity contribution in [2.45, 2.75) is 52.4 Å². The van der Waals surface area contributed by atoms with Crippen LogP contribution in [0, 0.1) is 0 Å². The van der Waals surface area contributed by atoms with E-state index in [-0.39, 0.29) is 25.2 Å². The van der Waals surface area contributed by atoms with Crippen molar-refractivity contribution in [2.75, 3.05) is 26.4 Å². The van der Waals surface area contributed by atoms with Crippen LogP contribution in [0.3, 0.4) is 0 Å². The van der Waals surface area contributed by atoms with E-state index < -0.39 is 23.8 Å². The van der Waals surface area contributed by atoms with Crippen molar-refractivity contribution in [1.82, 2.24) is 0 Å². The van der Waals surface area contributed by atoms with Gasteiger partial charge in [-0.25, -0.2) is 0 Å². The molecule has 4 rings (SSSR count). The summed E-state index contributed by atoms with van der Waals surface area (Å²) < 4.78 is 24.0. The fourth-order valence-electron chi connectivity index (χ4n) is 4.70. The summed E-state index contributed by atoms with van der Waals surface area (Å²) in [6.07, 6.45) is 0.697. The number of ether oxygens (including phenoxy) is 4. The van der Waals surface area contributed by atoms with Crippen molar-refractivity contribution in [1.29, 1.82) is 0 Å². The second kappa shape index (κ2) is 24.8. The lowest BCUT2D eigenvalue weighted by Gasteiger charge is -2.25. The number of hydrogen-bond acceptors (Lipinski definition) is 8. The first-order valence-electron chi connectivity index (χ1n) is 16.6. The molecule has 0 aliphatic carbocycles. The summed E-state index contributed by atoms with van der Waals surface area (Å²) in [6.45, 7) is 8.46. The number of carbonyl (C=O) groups is 4. The maximum Gasteiger partial charge on any atom is 0.314 e. The van der Waals surface area contributed by atoms with Crippen molar-refractivity contribution >= 4 is 87.6 Å². The summed E-state index contributed by atoms with van der Waals surface area (Å²) in [4.78, 5) is 47.7. The molecular formula is C40H42Br4O8. The molecule has 4 aromatic carbocycles. The fourth-order valence-corrected chi connectivity index (χ4v) is 5.75. The Bertz CT molecular complexity index is 1550. The molecule has 0 aliphatic heterocycles. The highest BCUT2D eigenvalue weighted by atomic mass is 79.9. The molecule has 0 amide bonds. The summed E-state index contributed by atoms with van der Waals surface area (Å²) in [5.41, 5.74) is 3.35. The topological polar surface area (TPSA) is 105 Å². The van der Waals surface area contributed by atoms with E-state index in [0.717, 1.165) is 29.0 Å². The van der Waals surface area contributed by atoms with Crippen LogP contribution in [0.2, 0.25) is 0 Å².